The molecule has 6 heteroatoms. The molecule has 0 bridgehead atoms. The van der Waals surface area contributed by atoms with E-state index in [9.17, 15) is 4.39 Å². The molecule has 2 saturated heterocycles. The molecule has 1 aromatic carbocycles. The van der Waals surface area contributed by atoms with Gasteiger partial charge in [-0.15, -0.1) is 10.2 Å². The van der Waals surface area contributed by atoms with Gasteiger partial charge in [0.25, 0.3) is 0 Å². The Kier molecular flexibility index (Phi) is 5.43. The van der Waals surface area contributed by atoms with Crippen LogP contribution in [-0.2, 0) is 13.5 Å². The Morgan fingerprint density at radius 1 is 1.07 bits per heavy atom. The second-order valence-corrected chi connectivity index (χ2v) is 8.19. The van der Waals surface area contributed by atoms with Crippen molar-refractivity contribution in [1.82, 2.24) is 19.7 Å². The zero-order valence-electron chi connectivity index (χ0n) is 16.4. The Morgan fingerprint density at radius 3 is 2.44 bits per heavy atom. The van der Waals surface area contributed by atoms with E-state index in [0.717, 1.165) is 36.8 Å². The number of aryl methyl sites for hydroxylation is 2. The molecular weight excluding hydrogens is 341 g/mol. The third kappa shape index (κ3) is 4.15. The van der Waals surface area contributed by atoms with Gasteiger partial charge in [0, 0.05) is 38.3 Å². The number of nitrogens with zero attached hydrogens (tertiary/aromatic N) is 5. The van der Waals surface area contributed by atoms with Crippen LogP contribution in [0.1, 0.15) is 37.1 Å². The number of likely N-dealkylation sites (tertiary alicyclic amines) is 1. The molecule has 0 N–H and O–H groups in total. The number of halogens is 1. The fraction of sp³-hybridized carbons (Fsp3) is 0.619. The summed E-state index contributed by atoms with van der Waals surface area (Å²) in [6.07, 6.45) is 7.75. The quantitative estimate of drug-likeness (QED) is 0.827. The van der Waals surface area contributed by atoms with E-state index in [4.69, 9.17) is 0 Å². The molecule has 1 aromatic heterocycles. The molecular formula is C21H30FN5. The predicted molar refractivity (Wildman–Crippen MR) is 105 cm³/mol. The van der Waals surface area contributed by atoms with E-state index < -0.39 is 0 Å². The van der Waals surface area contributed by atoms with Crippen LogP contribution in [0.15, 0.2) is 24.5 Å². The number of hydrogen-bond donors (Lipinski definition) is 0. The van der Waals surface area contributed by atoms with Gasteiger partial charge in [0.15, 0.2) is 0 Å². The van der Waals surface area contributed by atoms with Crippen LogP contribution in [0.25, 0.3) is 0 Å². The zero-order valence-corrected chi connectivity index (χ0v) is 16.4. The number of anilines is 1. The fourth-order valence-corrected chi connectivity index (χ4v) is 4.72. The van der Waals surface area contributed by atoms with Gasteiger partial charge in [-0.3, -0.25) is 0 Å². The van der Waals surface area contributed by atoms with Crippen LogP contribution >= 0.6 is 0 Å². The summed E-state index contributed by atoms with van der Waals surface area (Å²) in [5.74, 6) is 1.69. The van der Waals surface area contributed by atoms with Crippen molar-refractivity contribution in [2.24, 2.45) is 13.0 Å². The van der Waals surface area contributed by atoms with E-state index >= 15 is 0 Å². The maximum Gasteiger partial charge on any atom is 0.132 e. The smallest absolute Gasteiger partial charge is 0.132 e. The second kappa shape index (κ2) is 7.97. The molecule has 146 valence electrons. The lowest BCUT2D eigenvalue weighted by Crippen LogP contribution is -2.48. The highest BCUT2D eigenvalue weighted by atomic mass is 19.1. The van der Waals surface area contributed by atoms with Crippen molar-refractivity contribution in [2.45, 2.75) is 45.1 Å². The molecule has 2 aliphatic rings. The van der Waals surface area contributed by atoms with E-state index in [2.05, 4.69) is 20.0 Å². The lowest BCUT2D eigenvalue weighted by atomic mass is 9.91. The van der Waals surface area contributed by atoms with E-state index in [1.807, 2.05) is 24.6 Å². The number of rotatable bonds is 4. The van der Waals surface area contributed by atoms with Crippen molar-refractivity contribution >= 4 is 5.69 Å². The van der Waals surface area contributed by atoms with Crippen LogP contribution in [0.4, 0.5) is 10.1 Å². The summed E-state index contributed by atoms with van der Waals surface area (Å²) in [6, 6.07) is 5.85. The zero-order chi connectivity index (χ0) is 18.8. The molecule has 4 rings (SSSR count). The predicted octanol–water partition coefficient (Wildman–Crippen LogP) is 3.19. The van der Waals surface area contributed by atoms with Crippen LogP contribution in [-0.4, -0.2) is 51.9 Å². The third-order valence-corrected chi connectivity index (χ3v) is 6.41. The fourth-order valence-electron chi connectivity index (χ4n) is 4.72. The Hall–Kier alpha value is -1.95. The monoisotopic (exact) mass is 371 g/mol. The Balaban J connectivity index is 1.26. The van der Waals surface area contributed by atoms with Gasteiger partial charge in [0.1, 0.15) is 18.0 Å². The average Bonchev–Trinajstić information content (AvgIpc) is 3.07. The number of benzene rings is 1. The summed E-state index contributed by atoms with van der Waals surface area (Å²) in [4.78, 5) is 5.12. The van der Waals surface area contributed by atoms with Gasteiger partial charge < -0.3 is 14.4 Å². The molecule has 3 heterocycles. The van der Waals surface area contributed by atoms with Crippen LogP contribution in [0, 0.1) is 18.7 Å². The lowest BCUT2D eigenvalue weighted by molar-refractivity contribution is 0.114. The summed E-state index contributed by atoms with van der Waals surface area (Å²) < 4.78 is 15.4. The summed E-state index contributed by atoms with van der Waals surface area (Å²) in [5.41, 5.74) is 2.23. The van der Waals surface area contributed by atoms with E-state index in [0.29, 0.717) is 6.04 Å². The summed E-state index contributed by atoms with van der Waals surface area (Å²) in [7, 11) is 2.03. The Morgan fingerprint density at radius 2 is 1.81 bits per heavy atom. The molecule has 0 saturated carbocycles. The summed E-state index contributed by atoms with van der Waals surface area (Å²) in [5, 5.41) is 8.23. The lowest BCUT2D eigenvalue weighted by Gasteiger charge is -2.42. The van der Waals surface area contributed by atoms with Gasteiger partial charge in [0.05, 0.1) is 0 Å². The van der Waals surface area contributed by atoms with Crippen LogP contribution < -0.4 is 4.90 Å². The maximum atomic E-state index is 13.4. The standard InChI is InChI=1S/C21H30FN5/c1-16-13-18(22)3-4-20(16)27-11-7-19(8-12-27)26-9-5-17(6-10-26)14-21-24-23-15-25(21)2/h3-4,13,15,17,19H,5-12,14H2,1-2H3. The van der Waals surface area contributed by atoms with Crippen LogP contribution in [0.3, 0.4) is 0 Å². The van der Waals surface area contributed by atoms with Crippen LogP contribution in [0.5, 0.6) is 0 Å². The highest BCUT2D eigenvalue weighted by molar-refractivity contribution is 5.53. The topological polar surface area (TPSA) is 37.2 Å². The highest BCUT2D eigenvalue weighted by Crippen LogP contribution is 2.29. The molecule has 27 heavy (non-hydrogen) atoms. The SMILES string of the molecule is Cc1cc(F)ccc1N1CCC(N2CCC(Cc3nncn3C)CC2)CC1. The molecule has 5 nitrogen and oxygen atoms in total. The first-order chi connectivity index (χ1) is 13.1. The molecule has 0 spiro atoms. The highest BCUT2D eigenvalue weighted by Gasteiger charge is 2.29. The Labute approximate surface area is 161 Å². The first kappa shape index (κ1) is 18.4. The van der Waals surface area contributed by atoms with Crippen molar-refractivity contribution in [2.75, 3.05) is 31.1 Å². The van der Waals surface area contributed by atoms with Crippen molar-refractivity contribution in [1.29, 1.82) is 0 Å². The van der Waals surface area contributed by atoms with Crippen molar-refractivity contribution in [3.05, 3.63) is 41.7 Å². The third-order valence-electron chi connectivity index (χ3n) is 6.41. The van der Waals surface area contributed by atoms with E-state index in [1.165, 1.54) is 44.5 Å². The normalized spacial score (nSPS) is 20.3. The summed E-state index contributed by atoms with van der Waals surface area (Å²) in [6.45, 7) is 6.53. The molecule has 0 unspecified atom stereocenters. The van der Waals surface area contributed by atoms with Gasteiger partial charge in [-0.25, -0.2) is 4.39 Å². The maximum absolute atomic E-state index is 13.4. The first-order valence-electron chi connectivity index (χ1n) is 10.2. The van der Waals surface area contributed by atoms with Crippen molar-refractivity contribution in [3.63, 3.8) is 0 Å². The van der Waals surface area contributed by atoms with Crippen molar-refractivity contribution < 1.29 is 4.39 Å². The minimum Gasteiger partial charge on any atom is -0.371 e. The van der Waals surface area contributed by atoms with Crippen LogP contribution in [0.2, 0.25) is 0 Å². The average molecular weight is 372 g/mol. The molecule has 0 atom stereocenters. The molecule has 0 aliphatic carbocycles. The second-order valence-electron chi connectivity index (χ2n) is 8.19. The van der Waals surface area contributed by atoms with Gasteiger partial charge >= 0.3 is 0 Å². The van der Waals surface area contributed by atoms with Gasteiger partial charge in [-0.1, -0.05) is 0 Å². The van der Waals surface area contributed by atoms with E-state index in [1.54, 1.807) is 18.5 Å². The Bertz CT molecular complexity index is 758. The molecule has 2 aromatic rings. The molecule has 0 radical (unpaired) electrons. The molecule has 2 fully saturated rings. The largest absolute Gasteiger partial charge is 0.371 e. The first-order valence-corrected chi connectivity index (χ1v) is 10.2. The number of aromatic nitrogens is 3. The summed E-state index contributed by atoms with van der Waals surface area (Å²) >= 11 is 0. The van der Waals surface area contributed by atoms with Gasteiger partial charge in [-0.2, -0.15) is 0 Å². The van der Waals surface area contributed by atoms with Crippen molar-refractivity contribution in [3.8, 4) is 0 Å². The molecule has 2 aliphatic heterocycles. The number of hydrogen-bond acceptors (Lipinski definition) is 4. The minimum absolute atomic E-state index is 0.143. The number of piperidine rings is 2. The van der Waals surface area contributed by atoms with Gasteiger partial charge in [-0.05, 0) is 75.4 Å². The van der Waals surface area contributed by atoms with Gasteiger partial charge in [0.2, 0.25) is 0 Å². The van der Waals surface area contributed by atoms with E-state index in [-0.39, 0.29) is 5.82 Å². The molecule has 0 amide bonds. The minimum atomic E-state index is -0.143.